The lowest BCUT2D eigenvalue weighted by molar-refractivity contribution is -0.128. The average Bonchev–Trinajstić information content (AvgIpc) is 2.34. The third-order valence-corrected chi connectivity index (χ3v) is 2.55. The van der Waals surface area contributed by atoms with Gasteiger partial charge >= 0.3 is 0 Å². The standard InChI is InChI=1S/C14H20N2O2/c1-14(2,3)13(18)16-9-10-6-5-7-11(8-10)12(17)15-4/h5-8H,9H2,1-4H3,(H,15,17)(H,16,18). The summed E-state index contributed by atoms with van der Waals surface area (Å²) >= 11 is 0. The van der Waals surface area contributed by atoms with Crippen molar-refractivity contribution in [2.75, 3.05) is 7.05 Å². The predicted octanol–water partition coefficient (Wildman–Crippen LogP) is 1.71. The van der Waals surface area contributed by atoms with Crippen LogP contribution in [0, 0.1) is 5.41 Å². The lowest BCUT2D eigenvalue weighted by atomic mass is 9.95. The van der Waals surface area contributed by atoms with E-state index < -0.39 is 5.41 Å². The highest BCUT2D eigenvalue weighted by Crippen LogP contribution is 2.13. The molecule has 0 radical (unpaired) electrons. The van der Waals surface area contributed by atoms with E-state index in [0.29, 0.717) is 12.1 Å². The Morgan fingerprint density at radius 1 is 1.22 bits per heavy atom. The van der Waals surface area contributed by atoms with Crippen molar-refractivity contribution >= 4 is 11.8 Å². The summed E-state index contributed by atoms with van der Waals surface area (Å²) in [5.74, 6) is -0.133. The minimum atomic E-state index is -0.404. The first-order valence-corrected chi connectivity index (χ1v) is 5.94. The second-order valence-corrected chi connectivity index (χ2v) is 5.21. The van der Waals surface area contributed by atoms with E-state index in [1.807, 2.05) is 32.9 Å². The maximum atomic E-state index is 11.7. The minimum absolute atomic E-state index is 0.00662. The van der Waals surface area contributed by atoms with Crippen LogP contribution in [0.4, 0.5) is 0 Å². The average molecular weight is 248 g/mol. The van der Waals surface area contributed by atoms with Gasteiger partial charge in [-0.1, -0.05) is 32.9 Å². The van der Waals surface area contributed by atoms with Gasteiger partial charge in [0.1, 0.15) is 0 Å². The van der Waals surface area contributed by atoms with Crippen LogP contribution in [0.25, 0.3) is 0 Å². The molecule has 0 aromatic heterocycles. The fourth-order valence-electron chi connectivity index (χ4n) is 1.41. The number of amides is 2. The number of carbonyl (C=O) groups is 2. The fourth-order valence-corrected chi connectivity index (χ4v) is 1.41. The molecule has 2 amide bonds. The van der Waals surface area contributed by atoms with Crippen LogP contribution in [0.1, 0.15) is 36.7 Å². The third kappa shape index (κ3) is 3.87. The Labute approximate surface area is 108 Å². The molecule has 2 N–H and O–H groups in total. The second kappa shape index (κ2) is 5.67. The Morgan fingerprint density at radius 3 is 2.44 bits per heavy atom. The van der Waals surface area contributed by atoms with Crippen molar-refractivity contribution in [1.82, 2.24) is 10.6 Å². The maximum absolute atomic E-state index is 11.7. The second-order valence-electron chi connectivity index (χ2n) is 5.21. The van der Waals surface area contributed by atoms with Gasteiger partial charge in [-0.15, -0.1) is 0 Å². The van der Waals surface area contributed by atoms with Crippen LogP contribution in [0.3, 0.4) is 0 Å². The Hall–Kier alpha value is -1.84. The highest BCUT2D eigenvalue weighted by molar-refractivity contribution is 5.94. The van der Waals surface area contributed by atoms with Crippen molar-refractivity contribution < 1.29 is 9.59 Å². The predicted molar refractivity (Wildman–Crippen MR) is 71.1 cm³/mol. The molecule has 4 nitrogen and oxygen atoms in total. The smallest absolute Gasteiger partial charge is 0.251 e. The summed E-state index contributed by atoms with van der Waals surface area (Å²) < 4.78 is 0. The summed E-state index contributed by atoms with van der Waals surface area (Å²) in [6.07, 6.45) is 0. The summed E-state index contributed by atoms with van der Waals surface area (Å²) in [5.41, 5.74) is 1.10. The number of nitrogens with one attached hydrogen (secondary N) is 2. The van der Waals surface area contributed by atoms with Gasteiger partial charge in [0.15, 0.2) is 0 Å². The van der Waals surface area contributed by atoms with Crippen LogP contribution >= 0.6 is 0 Å². The molecule has 18 heavy (non-hydrogen) atoms. The van der Waals surface area contributed by atoms with Crippen LogP contribution in [-0.4, -0.2) is 18.9 Å². The summed E-state index contributed by atoms with van der Waals surface area (Å²) in [6.45, 7) is 6.02. The molecule has 0 spiro atoms. The monoisotopic (exact) mass is 248 g/mol. The van der Waals surface area contributed by atoms with Crippen molar-refractivity contribution in [1.29, 1.82) is 0 Å². The van der Waals surface area contributed by atoms with E-state index in [9.17, 15) is 9.59 Å². The molecule has 0 aliphatic heterocycles. The number of benzene rings is 1. The minimum Gasteiger partial charge on any atom is -0.355 e. The molecule has 4 heteroatoms. The molecule has 0 saturated carbocycles. The molecule has 1 rings (SSSR count). The molecule has 0 saturated heterocycles. The van der Waals surface area contributed by atoms with Crippen LogP contribution < -0.4 is 10.6 Å². The Balaban J connectivity index is 2.69. The number of rotatable bonds is 3. The summed E-state index contributed by atoms with van der Waals surface area (Å²) in [5, 5.41) is 5.42. The number of carbonyl (C=O) groups excluding carboxylic acids is 2. The van der Waals surface area contributed by atoms with Gasteiger partial charge < -0.3 is 10.6 Å². The lowest BCUT2D eigenvalue weighted by Gasteiger charge is -2.17. The van der Waals surface area contributed by atoms with Crippen molar-refractivity contribution in [2.45, 2.75) is 27.3 Å². The van der Waals surface area contributed by atoms with E-state index in [1.54, 1.807) is 19.2 Å². The normalized spacial score (nSPS) is 10.9. The van der Waals surface area contributed by atoms with Crippen LogP contribution in [0.15, 0.2) is 24.3 Å². The third-order valence-electron chi connectivity index (χ3n) is 2.55. The van der Waals surface area contributed by atoms with Crippen LogP contribution in [0.2, 0.25) is 0 Å². The molecule has 0 atom stereocenters. The molecule has 0 unspecified atom stereocenters. The van der Waals surface area contributed by atoms with Gasteiger partial charge in [-0.05, 0) is 17.7 Å². The molecular formula is C14H20N2O2. The molecular weight excluding hydrogens is 228 g/mol. The molecule has 0 aliphatic carbocycles. The molecule has 1 aromatic carbocycles. The van der Waals surface area contributed by atoms with Crippen LogP contribution in [-0.2, 0) is 11.3 Å². The number of hydrogen-bond donors (Lipinski definition) is 2. The quantitative estimate of drug-likeness (QED) is 0.855. The van der Waals surface area contributed by atoms with Gasteiger partial charge in [-0.3, -0.25) is 9.59 Å². The first-order chi connectivity index (χ1) is 8.34. The lowest BCUT2D eigenvalue weighted by Crippen LogP contribution is -2.34. The van der Waals surface area contributed by atoms with E-state index in [1.165, 1.54) is 0 Å². The number of hydrogen-bond acceptors (Lipinski definition) is 2. The zero-order valence-corrected chi connectivity index (χ0v) is 11.3. The molecule has 0 bridgehead atoms. The van der Waals surface area contributed by atoms with Crippen molar-refractivity contribution in [3.63, 3.8) is 0 Å². The van der Waals surface area contributed by atoms with Gasteiger partial charge in [0, 0.05) is 24.6 Å². The summed E-state index contributed by atoms with van der Waals surface area (Å²) in [4.78, 5) is 23.2. The molecule has 0 heterocycles. The molecule has 98 valence electrons. The van der Waals surface area contributed by atoms with Crippen molar-refractivity contribution in [3.05, 3.63) is 35.4 Å². The maximum Gasteiger partial charge on any atom is 0.251 e. The van der Waals surface area contributed by atoms with E-state index in [-0.39, 0.29) is 11.8 Å². The van der Waals surface area contributed by atoms with Gasteiger partial charge in [0.2, 0.25) is 5.91 Å². The Morgan fingerprint density at radius 2 is 1.89 bits per heavy atom. The van der Waals surface area contributed by atoms with Crippen LogP contribution in [0.5, 0.6) is 0 Å². The molecule has 0 aliphatic rings. The topological polar surface area (TPSA) is 58.2 Å². The zero-order chi connectivity index (χ0) is 13.8. The van der Waals surface area contributed by atoms with Crippen molar-refractivity contribution in [2.24, 2.45) is 5.41 Å². The van der Waals surface area contributed by atoms with Gasteiger partial charge in [-0.25, -0.2) is 0 Å². The first kappa shape index (κ1) is 14.2. The first-order valence-electron chi connectivity index (χ1n) is 5.94. The summed E-state index contributed by atoms with van der Waals surface area (Å²) in [7, 11) is 1.59. The van der Waals surface area contributed by atoms with E-state index in [2.05, 4.69) is 10.6 Å². The van der Waals surface area contributed by atoms with Crippen molar-refractivity contribution in [3.8, 4) is 0 Å². The zero-order valence-electron chi connectivity index (χ0n) is 11.3. The van der Waals surface area contributed by atoms with E-state index >= 15 is 0 Å². The molecule has 0 fully saturated rings. The largest absolute Gasteiger partial charge is 0.355 e. The van der Waals surface area contributed by atoms with Gasteiger partial charge in [0.25, 0.3) is 5.91 Å². The fraction of sp³-hybridized carbons (Fsp3) is 0.429. The van der Waals surface area contributed by atoms with Gasteiger partial charge in [-0.2, -0.15) is 0 Å². The molecule has 1 aromatic rings. The summed E-state index contributed by atoms with van der Waals surface area (Å²) in [6, 6.07) is 7.22. The Kier molecular flexibility index (Phi) is 4.48. The Bertz CT molecular complexity index is 447. The highest BCUT2D eigenvalue weighted by Gasteiger charge is 2.20. The van der Waals surface area contributed by atoms with E-state index in [0.717, 1.165) is 5.56 Å². The van der Waals surface area contributed by atoms with Gasteiger partial charge in [0.05, 0.1) is 0 Å². The highest BCUT2D eigenvalue weighted by atomic mass is 16.2. The van der Waals surface area contributed by atoms with E-state index in [4.69, 9.17) is 0 Å². The SMILES string of the molecule is CNC(=O)c1cccc(CNC(=O)C(C)(C)C)c1.